The zero-order valence-electron chi connectivity index (χ0n) is 16.2. The van der Waals surface area contributed by atoms with E-state index in [2.05, 4.69) is 10.3 Å². The van der Waals surface area contributed by atoms with Crippen molar-refractivity contribution in [1.29, 1.82) is 0 Å². The highest BCUT2D eigenvalue weighted by molar-refractivity contribution is 7.09. The third-order valence-electron chi connectivity index (χ3n) is 4.93. The molecule has 0 unspecified atom stereocenters. The fourth-order valence-electron chi connectivity index (χ4n) is 3.38. The number of nitrogens with zero attached hydrogens (tertiary/aromatic N) is 2. The molecule has 4 rings (SSSR count). The van der Waals surface area contributed by atoms with Gasteiger partial charge in [0.25, 0.3) is 0 Å². The van der Waals surface area contributed by atoms with Gasteiger partial charge in [0, 0.05) is 41.4 Å². The maximum absolute atomic E-state index is 12.7. The third kappa shape index (κ3) is 4.14. The highest BCUT2D eigenvalue weighted by atomic mass is 32.1. The maximum atomic E-state index is 12.7. The number of anilines is 2. The molecule has 7 heteroatoms. The SMILES string of the molecule is COc1cccc(N2C[C@@H](C(=O)Nc3ccc(-c4csc(C)n4)cc3)CC2=O)c1. The largest absolute Gasteiger partial charge is 0.497 e. The Labute approximate surface area is 173 Å². The zero-order valence-corrected chi connectivity index (χ0v) is 17.0. The summed E-state index contributed by atoms with van der Waals surface area (Å²) in [5.74, 6) is 0.0711. The van der Waals surface area contributed by atoms with E-state index in [1.807, 2.05) is 54.8 Å². The van der Waals surface area contributed by atoms with Crippen LogP contribution < -0.4 is 15.0 Å². The molecule has 6 nitrogen and oxygen atoms in total. The number of methoxy groups -OCH3 is 1. The zero-order chi connectivity index (χ0) is 20.4. The van der Waals surface area contributed by atoms with Crippen molar-refractivity contribution < 1.29 is 14.3 Å². The minimum absolute atomic E-state index is 0.0624. The number of amides is 2. The summed E-state index contributed by atoms with van der Waals surface area (Å²) < 4.78 is 5.22. The Kier molecular flexibility index (Phi) is 5.31. The number of hydrogen-bond donors (Lipinski definition) is 1. The van der Waals surface area contributed by atoms with Crippen molar-refractivity contribution in [3.05, 3.63) is 58.9 Å². The maximum Gasteiger partial charge on any atom is 0.229 e. The Hall–Kier alpha value is -3.19. The van der Waals surface area contributed by atoms with Gasteiger partial charge >= 0.3 is 0 Å². The summed E-state index contributed by atoms with van der Waals surface area (Å²) in [5, 5.41) is 5.95. The molecule has 148 valence electrons. The van der Waals surface area contributed by atoms with Gasteiger partial charge in [-0.15, -0.1) is 11.3 Å². The summed E-state index contributed by atoms with van der Waals surface area (Å²) in [6.07, 6.45) is 0.194. The molecule has 1 atom stereocenters. The number of benzene rings is 2. The first-order chi connectivity index (χ1) is 14.0. The number of thiazole rings is 1. The van der Waals surface area contributed by atoms with E-state index in [0.29, 0.717) is 18.0 Å². The summed E-state index contributed by atoms with van der Waals surface area (Å²) in [7, 11) is 1.59. The van der Waals surface area contributed by atoms with E-state index in [1.54, 1.807) is 29.4 Å². The van der Waals surface area contributed by atoms with Gasteiger partial charge in [0.1, 0.15) is 5.75 Å². The van der Waals surface area contributed by atoms with Gasteiger partial charge in [0.05, 0.1) is 23.7 Å². The fraction of sp³-hybridized carbons (Fsp3) is 0.227. The van der Waals surface area contributed by atoms with Crippen molar-refractivity contribution in [3.8, 4) is 17.0 Å². The molecular weight excluding hydrogens is 386 g/mol. The van der Waals surface area contributed by atoms with E-state index in [4.69, 9.17) is 4.74 Å². The molecule has 1 saturated heterocycles. The summed E-state index contributed by atoms with van der Waals surface area (Å²) in [5.41, 5.74) is 3.39. The molecule has 0 aliphatic carbocycles. The van der Waals surface area contributed by atoms with E-state index >= 15 is 0 Å². The van der Waals surface area contributed by atoms with Crippen molar-refractivity contribution in [3.63, 3.8) is 0 Å². The van der Waals surface area contributed by atoms with Crippen LogP contribution in [0, 0.1) is 12.8 Å². The first kappa shape index (κ1) is 19.1. The van der Waals surface area contributed by atoms with Crippen LogP contribution in [-0.4, -0.2) is 30.5 Å². The number of rotatable bonds is 5. The van der Waals surface area contributed by atoms with E-state index in [9.17, 15) is 9.59 Å². The lowest BCUT2D eigenvalue weighted by atomic mass is 10.1. The highest BCUT2D eigenvalue weighted by Gasteiger charge is 2.35. The van der Waals surface area contributed by atoms with Crippen LogP contribution in [0.4, 0.5) is 11.4 Å². The number of aryl methyl sites for hydroxylation is 1. The smallest absolute Gasteiger partial charge is 0.229 e. The van der Waals surface area contributed by atoms with Crippen molar-refractivity contribution in [2.45, 2.75) is 13.3 Å². The van der Waals surface area contributed by atoms with Crippen LogP contribution in [0.15, 0.2) is 53.9 Å². The van der Waals surface area contributed by atoms with E-state index in [-0.39, 0.29) is 18.2 Å². The quantitative estimate of drug-likeness (QED) is 0.691. The third-order valence-corrected chi connectivity index (χ3v) is 5.70. The molecule has 2 aromatic carbocycles. The molecular formula is C22H21N3O3S. The van der Waals surface area contributed by atoms with Crippen LogP contribution in [0.25, 0.3) is 11.3 Å². The Morgan fingerprint density at radius 2 is 2.03 bits per heavy atom. The monoisotopic (exact) mass is 407 g/mol. The Morgan fingerprint density at radius 3 is 2.72 bits per heavy atom. The molecule has 0 radical (unpaired) electrons. The molecule has 0 saturated carbocycles. The van der Waals surface area contributed by atoms with Gasteiger partial charge < -0.3 is 15.0 Å². The number of ether oxygens (including phenoxy) is 1. The molecule has 1 N–H and O–H groups in total. The summed E-state index contributed by atoms with van der Waals surface area (Å²) in [6.45, 7) is 2.33. The average molecular weight is 407 g/mol. The normalized spacial score (nSPS) is 16.1. The lowest BCUT2D eigenvalue weighted by Gasteiger charge is -2.17. The Balaban J connectivity index is 1.41. The molecule has 2 heterocycles. The lowest BCUT2D eigenvalue weighted by molar-refractivity contribution is -0.122. The molecule has 0 spiro atoms. The van der Waals surface area contributed by atoms with Crippen LogP contribution in [0.1, 0.15) is 11.4 Å². The lowest BCUT2D eigenvalue weighted by Crippen LogP contribution is -2.28. The van der Waals surface area contributed by atoms with Gasteiger partial charge in [0.2, 0.25) is 11.8 Å². The first-order valence-electron chi connectivity index (χ1n) is 9.31. The summed E-state index contributed by atoms with van der Waals surface area (Å²) in [6, 6.07) is 14.9. The van der Waals surface area contributed by atoms with Gasteiger partial charge in [-0.3, -0.25) is 9.59 Å². The first-order valence-corrected chi connectivity index (χ1v) is 10.2. The minimum Gasteiger partial charge on any atom is -0.497 e. The van der Waals surface area contributed by atoms with Gasteiger partial charge in [-0.05, 0) is 31.2 Å². The second-order valence-corrected chi connectivity index (χ2v) is 7.99. The number of hydrogen-bond acceptors (Lipinski definition) is 5. The van der Waals surface area contributed by atoms with E-state index in [0.717, 1.165) is 22.0 Å². The number of aromatic nitrogens is 1. The van der Waals surface area contributed by atoms with Gasteiger partial charge in [0.15, 0.2) is 0 Å². The second-order valence-electron chi connectivity index (χ2n) is 6.93. The topological polar surface area (TPSA) is 71.5 Å². The number of nitrogens with one attached hydrogen (secondary N) is 1. The predicted octanol–water partition coefficient (Wildman–Crippen LogP) is 4.12. The number of carbonyl (C=O) groups is 2. The molecule has 2 amide bonds. The van der Waals surface area contributed by atoms with Crippen LogP contribution in [-0.2, 0) is 9.59 Å². The van der Waals surface area contributed by atoms with E-state index < -0.39 is 5.92 Å². The Morgan fingerprint density at radius 1 is 1.24 bits per heavy atom. The predicted molar refractivity (Wildman–Crippen MR) is 114 cm³/mol. The van der Waals surface area contributed by atoms with Crippen LogP contribution in [0.2, 0.25) is 0 Å². The molecule has 29 heavy (non-hydrogen) atoms. The second kappa shape index (κ2) is 8.05. The van der Waals surface area contributed by atoms with Crippen molar-refractivity contribution in [1.82, 2.24) is 4.98 Å². The molecule has 1 aliphatic rings. The van der Waals surface area contributed by atoms with Crippen molar-refractivity contribution in [2.24, 2.45) is 5.92 Å². The summed E-state index contributed by atoms with van der Waals surface area (Å²) in [4.78, 5) is 31.2. The van der Waals surface area contributed by atoms with Crippen LogP contribution in [0.3, 0.4) is 0 Å². The molecule has 1 aromatic heterocycles. The minimum atomic E-state index is -0.394. The highest BCUT2D eigenvalue weighted by Crippen LogP contribution is 2.29. The van der Waals surface area contributed by atoms with Crippen molar-refractivity contribution in [2.75, 3.05) is 23.9 Å². The molecule has 0 bridgehead atoms. The van der Waals surface area contributed by atoms with Crippen molar-refractivity contribution >= 4 is 34.5 Å². The van der Waals surface area contributed by atoms with Gasteiger partial charge in [-0.25, -0.2) is 4.98 Å². The Bertz CT molecular complexity index is 1050. The van der Waals surface area contributed by atoms with E-state index in [1.165, 1.54) is 0 Å². The average Bonchev–Trinajstić information content (AvgIpc) is 3.34. The molecule has 1 aliphatic heterocycles. The van der Waals surface area contributed by atoms with Crippen LogP contribution in [0.5, 0.6) is 5.75 Å². The van der Waals surface area contributed by atoms with Gasteiger partial charge in [-0.1, -0.05) is 18.2 Å². The van der Waals surface area contributed by atoms with Gasteiger partial charge in [-0.2, -0.15) is 0 Å². The number of carbonyl (C=O) groups excluding carboxylic acids is 2. The molecule has 3 aromatic rings. The fourth-order valence-corrected chi connectivity index (χ4v) is 4.00. The van der Waals surface area contributed by atoms with Crippen LogP contribution >= 0.6 is 11.3 Å². The standard InChI is InChI=1S/C22H21N3O3S/c1-14-23-20(13-29-14)15-6-8-17(9-7-15)24-22(27)16-10-21(26)25(12-16)18-4-3-5-19(11-18)28-2/h3-9,11,13,16H,10,12H2,1-2H3,(H,24,27)/t16-/m0/s1. The summed E-state index contributed by atoms with van der Waals surface area (Å²) >= 11 is 1.61. The molecule has 1 fully saturated rings.